The molecule has 22 heavy (non-hydrogen) atoms. The molecule has 1 aliphatic heterocycles. The van der Waals surface area contributed by atoms with E-state index in [9.17, 15) is 4.79 Å². The van der Waals surface area contributed by atoms with Gasteiger partial charge in [0.05, 0.1) is 5.92 Å². The number of likely N-dealkylation sites (tertiary alicyclic amines) is 1. The number of rotatable bonds is 4. The van der Waals surface area contributed by atoms with Crippen LogP contribution in [0.25, 0.3) is 0 Å². The summed E-state index contributed by atoms with van der Waals surface area (Å²) in [6, 6.07) is 8.43. The first kappa shape index (κ1) is 15.5. The maximum atomic E-state index is 12.8. The Labute approximate surface area is 134 Å². The summed E-state index contributed by atoms with van der Waals surface area (Å²) in [7, 11) is 1.97. The van der Waals surface area contributed by atoms with Gasteiger partial charge in [-0.2, -0.15) is 0 Å². The average molecular weight is 300 g/mol. The molecule has 3 rings (SSSR count). The highest BCUT2D eigenvalue weighted by Gasteiger charge is 2.30. The molecule has 0 unspecified atom stereocenters. The highest BCUT2D eigenvalue weighted by Crippen LogP contribution is 2.33. The third-order valence-electron chi connectivity index (χ3n) is 5.26. The van der Waals surface area contributed by atoms with Crippen molar-refractivity contribution in [3.63, 3.8) is 0 Å². The van der Waals surface area contributed by atoms with Gasteiger partial charge >= 0.3 is 0 Å². The summed E-state index contributed by atoms with van der Waals surface area (Å²) in [5, 5.41) is 0. The molecule has 1 amide bonds. The van der Waals surface area contributed by atoms with Crippen molar-refractivity contribution in [2.75, 3.05) is 33.2 Å². The van der Waals surface area contributed by atoms with Gasteiger partial charge in [0, 0.05) is 20.1 Å². The molecular weight excluding hydrogens is 272 g/mol. The molecule has 0 radical (unpaired) electrons. The first-order chi connectivity index (χ1) is 10.8. The Balaban J connectivity index is 1.54. The van der Waals surface area contributed by atoms with Gasteiger partial charge in [0.15, 0.2) is 0 Å². The minimum absolute atomic E-state index is 0.0883. The van der Waals surface area contributed by atoms with Crippen LogP contribution < -0.4 is 0 Å². The molecule has 1 aromatic rings. The summed E-state index contributed by atoms with van der Waals surface area (Å²) in [5.74, 6) is 0.394. The minimum Gasteiger partial charge on any atom is -0.344 e. The van der Waals surface area contributed by atoms with Gasteiger partial charge in [-0.3, -0.25) is 4.79 Å². The Morgan fingerprint density at radius 1 is 1.18 bits per heavy atom. The Morgan fingerprint density at radius 2 is 1.91 bits per heavy atom. The predicted octanol–water partition coefficient (Wildman–Crippen LogP) is 3.05. The molecule has 0 N–H and O–H groups in total. The number of hydrogen-bond donors (Lipinski definition) is 0. The molecule has 1 aromatic carbocycles. The molecule has 0 spiro atoms. The van der Waals surface area contributed by atoms with Gasteiger partial charge < -0.3 is 9.80 Å². The summed E-state index contributed by atoms with van der Waals surface area (Å²) in [5.41, 5.74) is 2.62. The fourth-order valence-electron chi connectivity index (χ4n) is 3.84. The van der Waals surface area contributed by atoms with Crippen molar-refractivity contribution in [3.8, 4) is 0 Å². The Morgan fingerprint density at radius 3 is 2.68 bits per heavy atom. The third-order valence-corrected chi connectivity index (χ3v) is 5.26. The average Bonchev–Trinajstić information content (AvgIpc) is 2.80. The van der Waals surface area contributed by atoms with Gasteiger partial charge in [0.1, 0.15) is 0 Å². The molecular formula is C19H28N2O. The zero-order valence-corrected chi connectivity index (χ0v) is 13.8. The van der Waals surface area contributed by atoms with E-state index in [0.717, 1.165) is 25.9 Å². The van der Waals surface area contributed by atoms with Crippen molar-refractivity contribution in [3.05, 3.63) is 35.4 Å². The number of hydrogen-bond acceptors (Lipinski definition) is 2. The maximum Gasteiger partial charge on any atom is 0.229 e. The van der Waals surface area contributed by atoms with Crippen LogP contribution in [0.4, 0.5) is 0 Å². The highest BCUT2D eigenvalue weighted by molar-refractivity contribution is 5.84. The van der Waals surface area contributed by atoms with Gasteiger partial charge in [0.2, 0.25) is 5.91 Å². The van der Waals surface area contributed by atoms with Crippen LogP contribution in [0.3, 0.4) is 0 Å². The fourth-order valence-corrected chi connectivity index (χ4v) is 3.84. The summed E-state index contributed by atoms with van der Waals surface area (Å²) < 4.78 is 0. The van der Waals surface area contributed by atoms with E-state index in [0.29, 0.717) is 5.91 Å². The Hall–Kier alpha value is -1.35. The second-order valence-corrected chi connectivity index (χ2v) is 6.81. The SMILES string of the molecule is CN(CCN1CCCCCC1)C(=O)[C@H]1CCc2ccccc21. The lowest BCUT2D eigenvalue weighted by molar-refractivity contribution is -0.131. The minimum atomic E-state index is 0.0883. The summed E-state index contributed by atoms with van der Waals surface area (Å²) in [6.45, 7) is 4.29. The van der Waals surface area contributed by atoms with Crippen molar-refractivity contribution >= 4 is 5.91 Å². The zero-order chi connectivity index (χ0) is 15.4. The van der Waals surface area contributed by atoms with Crippen molar-refractivity contribution in [1.82, 2.24) is 9.80 Å². The van der Waals surface area contributed by atoms with Crippen LogP contribution in [0.5, 0.6) is 0 Å². The summed E-state index contributed by atoms with van der Waals surface area (Å²) >= 11 is 0. The molecule has 1 aliphatic carbocycles. The number of nitrogens with zero attached hydrogens (tertiary/aromatic N) is 2. The molecule has 0 saturated carbocycles. The van der Waals surface area contributed by atoms with Crippen LogP contribution in [-0.4, -0.2) is 48.9 Å². The van der Waals surface area contributed by atoms with Crippen molar-refractivity contribution in [2.45, 2.75) is 44.4 Å². The number of benzene rings is 1. The second kappa shape index (κ2) is 7.28. The normalized spacial score (nSPS) is 22.1. The molecule has 3 nitrogen and oxygen atoms in total. The Kier molecular flexibility index (Phi) is 5.14. The number of carbonyl (C=O) groups is 1. The second-order valence-electron chi connectivity index (χ2n) is 6.81. The van der Waals surface area contributed by atoms with Gasteiger partial charge in [-0.05, 0) is 49.9 Å². The molecule has 1 saturated heterocycles. The van der Waals surface area contributed by atoms with Crippen LogP contribution in [0.15, 0.2) is 24.3 Å². The van der Waals surface area contributed by atoms with E-state index in [1.54, 1.807) is 0 Å². The maximum absolute atomic E-state index is 12.8. The van der Waals surface area contributed by atoms with Crippen molar-refractivity contribution in [1.29, 1.82) is 0 Å². The largest absolute Gasteiger partial charge is 0.344 e. The van der Waals surface area contributed by atoms with E-state index >= 15 is 0 Å². The zero-order valence-electron chi connectivity index (χ0n) is 13.8. The van der Waals surface area contributed by atoms with E-state index in [-0.39, 0.29) is 5.92 Å². The van der Waals surface area contributed by atoms with Gasteiger partial charge in [-0.1, -0.05) is 37.1 Å². The van der Waals surface area contributed by atoms with E-state index < -0.39 is 0 Å². The molecule has 2 aliphatic rings. The van der Waals surface area contributed by atoms with Gasteiger partial charge in [-0.25, -0.2) is 0 Å². The van der Waals surface area contributed by atoms with E-state index in [1.165, 1.54) is 49.9 Å². The predicted molar refractivity (Wildman–Crippen MR) is 90.0 cm³/mol. The summed E-state index contributed by atoms with van der Waals surface area (Å²) in [6.07, 6.45) is 7.38. The van der Waals surface area contributed by atoms with Crippen LogP contribution in [-0.2, 0) is 11.2 Å². The molecule has 0 aromatic heterocycles. The van der Waals surface area contributed by atoms with E-state index in [4.69, 9.17) is 0 Å². The van der Waals surface area contributed by atoms with E-state index in [1.807, 2.05) is 11.9 Å². The molecule has 1 fully saturated rings. The number of amides is 1. The lowest BCUT2D eigenvalue weighted by Gasteiger charge is -2.26. The molecule has 0 bridgehead atoms. The lowest BCUT2D eigenvalue weighted by Crippen LogP contribution is -2.38. The molecule has 1 atom stereocenters. The number of aryl methyl sites for hydroxylation is 1. The van der Waals surface area contributed by atoms with Crippen molar-refractivity contribution in [2.24, 2.45) is 0 Å². The fraction of sp³-hybridized carbons (Fsp3) is 0.632. The lowest BCUT2D eigenvalue weighted by atomic mass is 10.00. The smallest absolute Gasteiger partial charge is 0.229 e. The van der Waals surface area contributed by atoms with Crippen LogP contribution in [0, 0.1) is 0 Å². The number of likely N-dealkylation sites (N-methyl/N-ethyl adjacent to an activating group) is 1. The van der Waals surface area contributed by atoms with E-state index in [2.05, 4.69) is 29.2 Å². The van der Waals surface area contributed by atoms with Crippen LogP contribution >= 0.6 is 0 Å². The highest BCUT2D eigenvalue weighted by atomic mass is 16.2. The first-order valence-electron chi connectivity index (χ1n) is 8.81. The van der Waals surface area contributed by atoms with Crippen molar-refractivity contribution < 1.29 is 4.79 Å². The number of fused-ring (bicyclic) bond motifs is 1. The van der Waals surface area contributed by atoms with Crippen LogP contribution in [0.2, 0.25) is 0 Å². The monoisotopic (exact) mass is 300 g/mol. The quantitative estimate of drug-likeness (QED) is 0.853. The standard InChI is InChI=1S/C19H28N2O/c1-20(14-15-21-12-6-2-3-7-13-21)19(22)18-11-10-16-8-4-5-9-17(16)18/h4-5,8-9,18H,2-3,6-7,10-15H2,1H3/t18-/m0/s1. The number of carbonyl (C=O) groups excluding carboxylic acids is 1. The first-order valence-corrected chi connectivity index (χ1v) is 8.81. The Bertz CT molecular complexity index is 506. The molecule has 3 heteroatoms. The van der Waals surface area contributed by atoms with Gasteiger partial charge in [-0.15, -0.1) is 0 Å². The molecule has 120 valence electrons. The third kappa shape index (κ3) is 3.52. The topological polar surface area (TPSA) is 23.6 Å². The van der Waals surface area contributed by atoms with Gasteiger partial charge in [0.25, 0.3) is 0 Å². The molecule has 1 heterocycles. The summed E-state index contributed by atoms with van der Waals surface area (Å²) in [4.78, 5) is 17.2. The van der Waals surface area contributed by atoms with Crippen LogP contribution in [0.1, 0.15) is 49.1 Å².